The van der Waals surface area contributed by atoms with E-state index in [4.69, 9.17) is 0 Å². The van der Waals surface area contributed by atoms with Crippen LogP contribution in [0, 0.1) is 5.92 Å². The van der Waals surface area contributed by atoms with Gasteiger partial charge in [-0.15, -0.1) is 11.3 Å². The van der Waals surface area contributed by atoms with Gasteiger partial charge in [0, 0.05) is 31.0 Å². The molecule has 116 valence electrons. The molecule has 0 aromatic carbocycles. The highest BCUT2D eigenvalue weighted by Crippen LogP contribution is 2.26. The SMILES string of the molecule is O=C(NC1CCCCC1CO)c1cnc(-c2ncccn2)s1. The number of hydrogen-bond acceptors (Lipinski definition) is 6. The van der Waals surface area contributed by atoms with Crippen LogP contribution in [0.1, 0.15) is 35.4 Å². The van der Waals surface area contributed by atoms with E-state index in [9.17, 15) is 9.90 Å². The van der Waals surface area contributed by atoms with Gasteiger partial charge in [-0.2, -0.15) is 0 Å². The molecular weight excluding hydrogens is 300 g/mol. The number of carbonyl (C=O) groups is 1. The Kier molecular flexibility index (Phi) is 4.74. The zero-order valence-electron chi connectivity index (χ0n) is 12.1. The highest BCUT2D eigenvalue weighted by atomic mass is 32.1. The predicted octanol–water partition coefficient (Wildman–Crippen LogP) is 1.88. The molecule has 0 aliphatic heterocycles. The van der Waals surface area contributed by atoms with Gasteiger partial charge >= 0.3 is 0 Å². The van der Waals surface area contributed by atoms with Crippen molar-refractivity contribution in [1.82, 2.24) is 20.3 Å². The lowest BCUT2D eigenvalue weighted by Crippen LogP contribution is -2.43. The number of nitrogens with zero attached hydrogens (tertiary/aromatic N) is 3. The largest absolute Gasteiger partial charge is 0.396 e. The molecule has 1 fully saturated rings. The normalized spacial score (nSPS) is 21.5. The van der Waals surface area contributed by atoms with Crippen LogP contribution in [0.5, 0.6) is 0 Å². The first-order valence-corrected chi connectivity index (χ1v) is 8.24. The van der Waals surface area contributed by atoms with Gasteiger partial charge in [-0.05, 0) is 18.9 Å². The first kappa shape index (κ1) is 15.1. The van der Waals surface area contributed by atoms with Gasteiger partial charge in [0.25, 0.3) is 5.91 Å². The number of thiazole rings is 1. The van der Waals surface area contributed by atoms with E-state index in [2.05, 4.69) is 20.3 Å². The molecule has 2 atom stereocenters. The van der Waals surface area contributed by atoms with Crippen molar-refractivity contribution in [3.05, 3.63) is 29.5 Å². The molecule has 3 rings (SSSR count). The van der Waals surface area contributed by atoms with E-state index >= 15 is 0 Å². The second kappa shape index (κ2) is 6.93. The minimum Gasteiger partial charge on any atom is -0.396 e. The van der Waals surface area contributed by atoms with Crippen LogP contribution in [-0.2, 0) is 0 Å². The molecule has 2 heterocycles. The van der Waals surface area contributed by atoms with Gasteiger partial charge in [-0.1, -0.05) is 12.8 Å². The van der Waals surface area contributed by atoms with Crippen molar-refractivity contribution in [3.63, 3.8) is 0 Å². The minimum atomic E-state index is -0.134. The number of hydrogen-bond donors (Lipinski definition) is 2. The molecule has 0 radical (unpaired) electrons. The molecule has 1 saturated carbocycles. The molecule has 2 aromatic heterocycles. The van der Waals surface area contributed by atoms with Crippen LogP contribution in [-0.4, -0.2) is 38.6 Å². The second-order valence-electron chi connectivity index (χ2n) is 5.41. The summed E-state index contributed by atoms with van der Waals surface area (Å²) in [7, 11) is 0. The number of aliphatic hydroxyl groups is 1. The zero-order valence-corrected chi connectivity index (χ0v) is 12.9. The fourth-order valence-electron chi connectivity index (χ4n) is 2.75. The first-order chi connectivity index (χ1) is 10.8. The van der Waals surface area contributed by atoms with Crippen molar-refractivity contribution in [2.24, 2.45) is 5.92 Å². The Morgan fingerprint density at radius 2 is 2.05 bits per heavy atom. The highest BCUT2D eigenvalue weighted by molar-refractivity contribution is 7.16. The van der Waals surface area contributed by atoms with E-state index < -0.39 is 0 Å². The van der Waals surface area contributed by atoms with Gasteiger partial charge in [-0.3, -0.25) is 4.79 Å². The lowest BCUT2D eigenvalue weighted by Gasteiger charge is -2.30. The van der Waals surface area contributed by atoms with Crippen LogP contribution >= 0.6 is 11.3 Å². The molecule has 0 spiro atoms. The summed E-state index contributed by atoms with van der Waals surface area (Å²) in [6, 6.07) is 1.79. The number of rotatable bonds is 4. The summed E-state index contributed by atoms with van der Waals surface area (Å²) in [6.07, 6.45) is 8.95. The van der Waals surface area contributed by atoms with Gasteiger partial charge in [0.2, 0.25) is 0 Å². The second-order valence-corrected chi connectivity index (χ2v) is 6.44. The fraction of sp³-hybridized carbons (Fsp3) is 0.467. The predicted molar refractivity (Wildman–Crippen MR) is 83.4 cm³/mol. The molecule has 1 aliphatic rings. The molecule has 0 saturated heterocycles. The van der Waals surface area contributed by atoms with Crippen molar-refractivity contribution in [3.8, 4) is 10.8 Å². The first-order valence-electron chi connectivity index (χ1n) is 7.43. The van der Waals surface area contributed by atoms with Crippen molar-refractivity contribution in [1.29, 1.82) is 0 Å². The van der Waals surface area contributed by atoms with Crippen molar-refractivity contribution >= 4 is 17.2 Å². The van der Waals surface area contributed by atoms with E-state index in [0.29, 0.717) is 15.7 Å². The summed E-state index contributed by atoms with van der Waals surface area (Å²) in [6.45, 7) is 0.122. The maximum absolute atomic E-state index is 12.4. The molecule has 2 N–H and O–H groups in total. The smallest absolute Gasteiger partial charge is 0.263 e. The summed E-state index contributed by atoms with van der Waals surface area (Å²) in [5, 5.41) is 13.1. The number of amides is 1. The monoisotopic (exact) mass is 318 g/mol. The van der Waals surface area contributed by atoms with Crippen LogP contribution < -0.4 is 5.32 Å². The molecule has 6 nitrogen and oxygen atoms in total. The molecule has 1 aliphatic carbocycles. The van der Waals surface area contributed by atoms with Crippen LogP contribution in [0.2, 0.25) is 0 Å². The van der Waals surface area contributed by atoms with Crippen molar-refractivity contribution in [2.75, 3.05) is 6.61 Å². The fourth-order valence-corrected chi connectivity index (χ4v) is 3.52. The topological polar surface area (TPSA) is 88.0 Å². The quantitative estimate of drug-likeness (QED) is 0.898. The number of aromatic nitrogens is 3. The van der Waals surface area contributed by atoms with E-state index in [1.807, 2.05) is 0 Å². The minimum absolute atomic E-state index is 0.0461. The number of carbonyl (C=O) groups excluding carboxylic acids is 1. The third-order valence-electron chi connectivity index (χ3n) is 3.95. The molecule has 2 aromatic rings. The van der Waals surface area contributed by atoms with Crippen LogP contribution in [0.4, 0.5) is 0 Å². The Morgan fingerprint density at radius 1 is 1.27 bits per heavy atom. The van der Waals surface area contributed by atoms with Crippen LogP contribution in [0.15, 0.2) is 24.7 Å². The average molecular weight is 318 g/mol. The Bertz CT molecular complexity index is 631. The average Bonchev–Trinajstić information content (AvgIpc) is 3.06. The van der Waals surface area contributed by atoms with Crippen molar-refractivity contribution in [2.45, 2.75) is 31.7 Å². The number of aliphatic hydroxyl groups excluding tert-OH is 1. The Labute approximate surface area is 132 Å². The third-order valence-corrected chi connectivity index (χ3v) is 4.94. The molecular formula is C15H18N4O2S. The summed E-state index contributed by atoms with van der Waals surface area (Å²) < 4.78 is 0. The van der Waals surface area contributed by atoms with Crippen LogP contribution in [0.25, 0.3) is 10.8 Å². The zero-order chi connectivity index (χ0) is 15.4. The Hall–Kier alpha value is -1.86. The van der Waals surface area contributed by atoms with Gasteiger partial charge in [0.1, 0.15) is 4.88 Å². The van der Waals surface area contributed by atoms with E-state index in [1.165, 1.54) is 11.3 Å². The molecule has 1 amide bonds. The van der Waals surface area contributed by atoms with Gasteiger partial charge < -0.3 is 10.4 Å². The Balaban J connectivity index is 1.69. The summed E-state index contributed by atoms with van der Waals surface area (Å²) >= 11 is 1.28. The summed E-state index contributed by atoms with van der Waals surface area (Å²) in [5.74, 6) is 0.546. The number of nitrogens with one attached hydrogen (secondary N) is 1. The van der Waals surface area contributed by atoms with E-state index in [-0.39, 0.29) is 24.5 Å². The third kappa shape index (κ3) is 3.31. The van der Waals surface area contributed by atoms with Gasteiger partial charge in [0.05, 0.1) is 6.20 Å². The lowest BCUT2D eigenvalue weighted by atomic mass is 9.85. The Morgan fingerprint density at radius 3 is 2.82 bits per heavy atom. The van der Waals surface area contributed by atoms with E-state index in [0.717, 1.165) is 25.7 Å². The van der Waals surface area contributed by atoms with Gasteiger partial charge in [-0.25, -0.2) is 15.0 Å². The highest BCUT2D eigenvalue weighted by Gasteiger charge is 2.26. The maximum Gasteiger partial charge on any atom is 0.263 e. The lowest BCUT2D eigenvalue weighted by molar-refractivity contribution is 0.0876. The molecule has 22 heavy (non-hydrogen) atoms. The standard InChI is InChI=1S/C15H18N4O2S/c20-9-10-4-1-2-5-11(10)19-14(21)12-8-18-15(22-12)13-16-6-3-7-17-13/h3,6-8,10-11,20H,1-2,4-5,9H2,(H,19,21). The molecule has 2 unspecified atom stereocenters. The molecule has 0 bridgehead atoms. The van der Waals surface area contributed by atoms with Crippen LogP contribution in [0.3, 0.4) is 0 Å². The summed E-state index contributed by atoms with van der Waals surface area (Å²) in [5.41, 5.74) is 0. The van der Waals surface area contributed by atoms with E-state index in [1.54, 1.807) is 24.7 Å². The summed E-state index contributed by atoms with van der Waals surface area (Å²) in [4.78, 5) is 25.4. The van der Waals surface area contributed by atoms with Crippen molar-refractivity contribution < 1.29 is 9.90 Å². The maximum atomic E-state index is 12.4. The molecule has 7 heteroatoms. The van der Waals surface area contributed by atoms with Gasteiger partial charge in [0.15, 0.2) is 10.8 Å².